The highest BCUT2D eigenvalue weighted by molar-refractivity contribution is 7.15. The van der Waals surface area contributed by atoms with Gasteiger partial charge in [-0.05, 0) is 19.9 Å². The van der Waals surface area contributed by atoms with Gasteiger partial charge in [-0.15, -0.1) is 11.3 Å². The van der Waals surface area contributed by atoms with E-state index in [9.17, 15) is 4.79 Å². The molecular weight excluding hydrogens is 262 g/mol. The monoisotopic (exact) mass is 275 g/mol. The van der Waals surface area contributed by atoms with Crippen LogP contribution in [-0.4, -0.2) is 22.3 Å². The van der Waals surface area contributed by atoms with Crippen LogP contribution in [0.3, 0.4) is 0 Å². The lowest BCUT2D eigenvalue weighted by Crippen LogP contribution is -2.02. The van der Waals surface area contributed by atoms with Gasteiger partial charge in [0.2, 0.25) is 5.13 Å². The second kappa shape index (κ2) is 5.62. The third kappa shape index (κ3) is 3.17. The van der Waals surface area contributed by atoms with Crippen LogP contribution in [0.1, 0.15) is 26.5 Å². The molecule has 2 aromatic rings. The SMILES string of the molecule is Cc1nc(N/N=C/c2ccccc2C(=O)O)sc1C. The Labute approximate surface area is 114 Å². The number of rotatable bonds is 4. The lowest BCUT2D eigenvalue weighted by molar-refractivity contribution is 0.0697. The number of hydrogen-bond acceptors (Lipinski definition) is 5. The molecule has 0 aliphatic rings. The number of hydrazone groups is 1. The first-order valence-electron chi connectivity index (χ1n) is 5.63. The van der Waals surface area contributed by atoms with Gasteiger partial charge in [-0.2, -0.15) is 5.10 Å². The maximum atomic E-state index is 11.0. The van der Waals surface area contributed by atoms with Crippen LogP contribution in [-0.2, 0) is 0 Å². The Balaban J connectivity index is 2.13. The third-order valence-corrected chi connectivity index (χ3v) is 3.56. The fraction of sp³-hybridized carbons (Fsp3) is 0.154. The molecule has 0 saturated carbocycles. The normalized spacial score (nSPS) is 10.8. The Bertz CT molecular complexity index is 615. The van der Waals surface area contributed by atoms with Crippen LogP contribution in [0.4, 0.5) is 5.13 Å². The average Bonchev–Trinajstić information content (AvgIpc) is 2.69. The fourth-order valence-corrected chi connectivity index (χ4v) is 2.25. The molecule has 2 rings (SSSR count). The Kier molecular flexibility index (Phi) is 3.91. The summed E-state index contributed by atoms with van der Waals surface area (Å²) in [6.07, 6.45) is 1.48. The van der Waals surface area contributed by atoms with Crippen molar-refractivity contribution in [2.75, 3.05) is 5.43 Å². The molecule has 6 heteroatoms. The lowest BCUT2D eigenvalue weighted by Gasteiger charge is -1.99. The first kappa shape index (κ1) is 13.2. The molecular formula is C13H13N3O2S. The van der Waals surface area contributed by atoms with Crippen LogP contribution in [0, 0.1) is 13.8 Å². The predicted octanol–water partition coefficient (Wildman–Crippen LogP) is 2.90. The van der Waals surface area contributed by atoms with Gasteiger partial charge in [0.05, 0.1) is 17.5 Å². The molecule has 0 fully saturated rings. The van der Waals surface area contributed by atoms with Crippen molar-refractivity contribution in [3.63, 3.8) is 0 Å². The van der Waals surface area contributed by atoms with Crippen LogP contribution in [0.2, 0.25) is 0 Å². The van der Waals surface area contributed by atoms with Gasteiger partial charge in [-0.3, -0.25) is 5.43 Å². The second-order valence-corrected chi connectivity index (χ2v) is 5.13. The molecule has 0 bridgehead atoms. The van der Waals surface area contributed by atoms with E-state index >= 15 is 0 Å². The highest BCUT2D eigenvalue weighted by atomic mass is 32.1. The number of thiazole rings is 1. The fourth-order valence-electron chi connectivity index (χ4n) is 1.48. The van der Waals surface area contributed by atoms with Gasteiger partial charge in [0, 0.05) is 10.4 Å². The van der Waals surface area contributed by atoms with Crippen molar-refractivity contribution in [3.05, 3.63) is 46.0 Å². The average molecular weight is 275 g/mol. The molecule has 0 unspecified atom stereocenters. The molecule has 2 N–H and O–H groups in total. The van der Waals surface area contributed by atoms with Gasteiger partial charge in [0.1, 0.15) is 0 Å². The van der Waals surface area contributed by atoms with Crippen molar-refractivity contribution >= 4 is 28.7 Å². The van der Waals surface area contributed by atoms with Crippen molar-refractivity contribution < 1.29 is 9.90 Å². The zero-order chi connectivity index (χ0) is 13.8. The maximum Gasteiger partial charge on any atom is 0.336 e. The van der Waals surface area contributed by atoms with Crippen molar-refractivity contribution in [2.45, 2.75) is 13.8 Å². The summed E-state index contributed by atoms with van der Waals surface area (Å²) in [4.78, 5) is 16.4. The number of aromatic carboxylic acids is 1. The van der Waals surface area contributed by atoms with Gasteiger partial charge < -0.3 is 5.11 Å². The van der Waals surface area contributed by atoms with Crippen LogP contribution < -0.4 is 5.43 Å². The van der Waals surface area contributed by atoms with Crippen molar-refractivity contribution in [2.24, 2.45) is 5.10 Å². The maximum absolute atomic E-state index is 11.0. The molecule has 1 heterocycles. The highest BCUT2D eigenvalue weighted by Crippen LogP contribution is 2.20. The number of aryl methyl sites for hydroxylation is 2. The Hall–Kier alpha value is -2.21. The van der Waals surface area contributed by atoms with Crippen molar-refractivity contribution in [1.29, 1.82) is 0 Å². The standard InChI is InChI=1S/C13H13N3O2S/c1-8-9(2)19-13(15-8)16-14-7-10-5-3-4-6-11(10)12(17)18/h3-7H,1-2H3,(H,15,16)(H,17,18)/b14-7+. The smallest absolute Gasteiger partial charge is 0.336 e. The molecule has 0 aliphatic carbocycles. The largest absolute Gasteiger partial charge is 0.478 e. The quantitative estimate of drug-likeness (QED) is 0.664. The van der Waals surface area contributed by atoms with Crippen molar-refractivity contribution in [3.8, 4) is 0 Å². The Morgan fingerprint density at radius 3 is 2.79 bits per heavy atom. The summed E-state index contributed by atoms with van der Waals surface area (Å²) in [5.41, 5.74) is 4.54. The van der Waals surface area contributed by atoms with Crippen LogP contribution in [0.15, 0.2) is 29.4 Å². The topological polar surface area (TPSA) is 74.6 Å². The third-order valence-electron chi connectivity index (χ3n) is 2.58. The van der Waals surface area contributed by atoms with E-state index in [1.54, 1.807) is 24.3 Å². The zero-order valence-corrected chi connectivity index (χ0v) is 11.4. The van der Waals surface area contributed by atoms with Crippen LogP contribution in [0.5, 0.6) is 0 Å². The van der Waals surface area contributed by atoms with Gasteiger partial charge in [-0.25, -0.2) is 9.78 Å². The molecule has 0 spiro atoms. The molecule has 0 amide bonds. The zero-order valence-electron chi connectivity index (χ0n) is 10.5. The van der Waals surface area contributed by atoms with Gasteiger partial charge in [-0.1, -0.05) is 18.2 Å². The number of carboxylic acid groups (broad SMARTS) is 1. The van der Waals surface area contributed by atoms with E-state index < -0.39 is 5.97 Å². The summed E-state index contributed by atoms with van der Waals surface area (Å²) in [7, 11) is 0. The van der Waals surface area contributed by atoms with Gasteiger partial charge in [0.15, 0.2) is 0 Å². The lowest BCUT2D eigenvalue weighted by atomic mass is 10.1. The minimum absolute atomic E-state index is 0.222. The number of carbonyl (C=O) groups is 1. The Morgan fingerprint density at radius 2 is 2.16 bits per heavy atom. The number of nitrogens with one attached hydrogen (secondary N) is 1. The molecule has 0 saturated heterocycles. The van der Waals surface area contributed by atoms with Crippen LogP contribution in [0.25, 0.3) is 0 Å². The van der Waals surface area contributed by atoms with E-state index in [4.69, 9.17) is 5.11 Å². The van der Waals surface area contributed by atoms with Gasteiger partial charge in [0.25, 0.3) is 0 Å². The molecule has 0 atom stereocenters. The molecule has 98 valence electrons. The summed E-state index contributed by atoms with van der Waals surface area (Å²) in [6.45, 7) is 3.92. The van der Waals surface area contributed by atoms with Crippen LogP contribution >= 0.6 is 11.3 Å². The highest BCUT2D eigenvalue weighted by Gasteiger charge is 2.06. The number of anilines is 1. The van der Waals surface area contributed by atoms with Gasteiger partial charge >= 0.3 is 5.97 Å². The molecule has 0 aliphatic heterocycles. The number of nitrogens with zero attached hydrogens (tertiary/aromatic N) is 2. The minimum atomic E-state index is -0.969. The first-order chi connectivity index (χ1) is 9.08. The van der Waals surface area contributed by atoms with E-state index in [0.29, 0.717) is 10.7 Å². The van der Waals surface area contributed by atoms with Crippen molar-refractivity contribution in [1.82, 2.24) is 4.98 Å². The molecule has 0 radical (unpaired) electrons. The van der Waals surface area contributed by atoms with E-state index in [1.807, 2.05) is 13.8 Å². The number of aromatic nitrogens is 1. The minimum Gasteiger partial charge on any atom is -0.478 e. The Morgan fingerprint density at radius 1 is 1.42 bits per heavy atom. The summed E-state index contributed by atoms with van der Waals surface area (Å²) < 4.78 is 0. The molecule has 1 aromatic heterocycles. The molecule has 1 aromatic carbocycles. The van der Waals surface area contributed by atoms with E-state index in [2.05, 4.69) is 15.5 Å². The molecule has 19 heavy (non-hydrogen) atoms. The van der Waals surface area contributed by atoms with E-state index in [-0.39, 0.29) is 5.56 Å². The summed E-state index contributed by atoms with van der Waals surface area (Å²) in [5.74, 6) is -0.969. The summed E-state index contributed by atoms with van der Waals surface area (Å²) >= 11 is 1.51. The predicted molar refractivity (Wildman–Crippen MR) is 76.2 cm³/mol. The van der Waals surface area contributed by atoms with E-state index in [0.717, 1.165) is 10.6 Å². The molecule has 5 nitrogen and oxygen atoms in total. The van der Waals surface area contributed by atoms with E-state index in [1.165, 1.54) is 17.6 Å². The first-order valence-corrected chi connectivity index (χ1v) is 6.45. The second-order valence-electron chi connectivity index (χ2n) is 3.92. The summed E-state index contributed by atoms with van der Waals surface area (Å²) in [6, 6.07) is 6.70. The number of hydrogen-bond donors (Lipinski definition) is 2. The number of benzene rings is 1. The number of carboxylic acids is 1. The summed E-state index contributed by atoms with van der Waals surface area (Å²) in [5, 5.41) is 13.7.